The van der Waals surface area contributed by atoms with Gasteiger partial charge in [0, 0.05) is 24.1 Å². The van der Waals surface area contributed by atoms with E-state index in [1.54, 1.807) is 0 Å². The Kier molecular flexibility index (Phi) is 5.41. The Morgan fingerprint density at radius 2 is 2.14 bits per heavy atom. The molecule has 2 atom stereocenters. The fourth-order valence-corrected chi connectivity index (χ4v) is 2.97. The van der Waals surface area contributed by atoms with E-state index in [9.17, 15) is 4.79 Å². The Balaban J connectivity index is 2.29. The maximum atomic E-state index is 12.9. The van der Waals surface area contributed by atoms with Gasteiger partial charge in [0.2, 0.25) is 0 Å². The van der Waals surface area contributed by atoms with Crippen molar-refractivity contribution in [3.8, 4) is 11.8 Å². The molecule has 0 aliphatic carbocycles. The van der Waals surface area contributed by atoms with Crippen LogP contribution in [0.25, 0.3) is 0 Å². The van der Waals surface area contributed by atoms with Crippen LogP contribution in [0.5, 0.6) is 0 Å². The van der Waals surface area contributed by atoms with Crippen LogP contribution in [0, 0.1) is 11.8 Å². The predicted molar refractivity (Wildman–Crippen MR) is 84.0 cm³/mol. The largest absolute Gasteiger partial charge is 0.395 e. The molecule has 1 aromatic carbocycles. The van der Waals surface area contributed by atoms with Gasteiger partial charge in [0.25, 0.3) is 5.91 Å². The topological polar surface area (TPSA) is 40.5 Å². The summed E-state index contributed by atoms with van der Waals surface area (Å²) in [7, 11) is 0. The highest BCUT2D eigenvalue weighted by Gasteiger charge is 2.34. The number of benzene rings is 1. The van der Waals surface area contributed by atoms with Crippen molar-refractivity contribution in [2.75, 3.05) is 6.61 Å². The summed E-state index contributed by atoms with van der Waals surface area (Å²) in [5, 5.41) is 8.82. The summed E-state index contributed by atoms with van der Waals surface area (Å²) in [5.74, 6) is 6.00. The zero-order valence-corrected chi connectivity index (χ0v) is 12.8. The molecule has 1 N–H and O–H groups in total. The molecule has 0 spiro atoms. The lowest BCUT2D eigenvalue weighted by Gasteiger charge is -2.28. The first-order valence-electron chi connectivity index (χ1n) is 7.70. The van der Waals surface area contributed by atoms with Crippen molar-refractivity contribution in [2.45, 2.75) is 51.6 Å². The zero-order chi connectivity index (χ0) is 15.2. The molecule has 0 saturated carbocycles. The minimum atomic E-state index is 0.0458. The van der Waals surface area contributed by atoms with Gasteiger partial charge in [-0.1, -0.05) is 30.9 Å². The van der Waals surface area contributed by atoms with Gasteiger partial charge in [-0.2, -0.15) is 0 Å². The standard InChI is InChI=1S/C18H23NO2/c1-3-16-12-11-14(2)19(16)18(21)17-10-5-4-8-15(17)9-6-7-13-20/h4-5,8,10,14,16,20H,3,7,11-13H2,1-2H3. The Hall–Kier alpha value is -1.79. The van der Waals surface area contributed by atoms with Crippen LogP contribution >= 0.6 is 0 Å². The van der Waals surface area contributed by atoms with Gasteiger partial charge < -0.3 is 10.0 Å². The van der Waals surface area contributed by atoms with Gasteiger partial charge in [0.1, 0.15) is 0 Å². The molecule has 0 aromatic heterocycles. The molecule has 112 valence electrons. The quantitative estimate of drug-likeness (QED) is 0.868. The Morgan fingerprint density at radius 3 is 2.86 bits per heavy atom. The van der Waals surface area contributed by atoms with Gasteiger partial charge in [0.15, 0.2) is 0 Å². The van der Waals surface area contributed by atoms with E-state index in [0.717, 1.165) is 24.8 Å². The molecule has 1 amide bonds. The average Bonchev–Trinajstić information content (AvgIpc) is 2.88. The first-order chi connectivity index (χ1) is 10.2. The van der Waals surface area contributed by atoms with E-state index in [0.29, 0.717) is 24.1 Å². The highest BCUT2D eigenvalue weighted by molar-refractivity contribution is 5.97. The first-order valence-corrected chi connectivity index (χ1v) is 7.70. The highest BCUT2D eigenvalue weighted by Crippen LogP contribution is 2.28. The summed E-state index contributed by atoms with van der Waals surface area (Å²) in [6.45, 7) is 4.30. The van der Waals surface area contributed by atoms with Crippen LogP contribution < -0.4 is 0 Å². The Bertz CT molecular complexity index is 556. The number of hydrogen-bond acceptors (Lipinski definition) is 2. The number of hydrogen-bond donors (Lipinski definition) is 1. The van der Waals surface area contributed by atoms with E-state index in [1.807, 2.05) is 29.2 Å². The van der Waals surface area contributed by atoms with E-state index >= 15 is 0 Å². The molecule has 2 rings (SSSR count). The number of carbonyl (C=O) groups is 1. The van der Waals surface area contributed by atoms with Gasteiger partial charge in [-0.15, -0.1) is 0 Å². The van der Waals surface area contributed by atoms with Gasteiger partial charge >= 0.3 is 0 Å². The summed E-state index contributed by atoms with van der Waals surface area (Å²) in [6, 6.07) is 8.13. The normalized spacial score (nSPS) is 21.0. The molecular weight excluding hydrogens is 262 g/mol. The molecule has 1 saturated heterocycles. The van der Waals surface area contributed by atoms with Crippen molar-refractivity contribution in [1.82, 2.24) is 4.90 Å². The Morgan fingerprint density at radius 1 is 1.38 bits per heavy atom. The molecule has 0 radical (unpaired) electrons. The lowest BCUT2D eigenvalue weighted by molar-refractivity contribution is 0.0676. The number of amides is 1. The number of aliphatic hydroxyl groups excluding tert-OH is 1. The fraction of sp³-hybridized carbons (Fsp3) is 0.500. The summed E-state index contributed by atoms with van der Waals surface area (Å²) in [6.07, 6.45) is 3.58. The van der Waals surface area contributed by atoms with Crippen molar-refractivity contribution in [1.29, 1.82) is 0 Å². The van der Waals surface area contributed by atoms with Crippen molar-refractivity contribution >= 4 is 5.91 Å². The van der Waals surface area contributed by atoms with Gasteiger partial charge in [-0.05, 0) is 38.3 Å². The maximum absolute atomic E-state index is 12.9. The van der Waals surface area contributed by atoms with E-state index in [2.05, 4.69) is 25.7 Å². The molecule has 1 heterocycles. The second-order valence-corrected chi connectivity index (χ2v) is 5.52. The third-order valence-corrected chi connectivity index (χ3v) is 4.11. The molecule has 1 fully saturated rings. The van der Waals surface area contributed by atoms with Crippen molar-refractivity contribution in [2.24, 2.45) is 0 Å². The van der Waals surface area contributed by atoms with Crippen LogP contribution in [-0.2, 0) is 0 Å². The summed E-state index contributed by atoms with van der Waals surface area (Å²) < 4.78 is 0. The van der Waals surface area contributed by atoms with E-state index in [4.69, 9.17) is 5.11 Å². The molecule has 0 bridgehead atoms. The predicted octanol–water partition coefficient (Wildman–Crippen LogP) is 2.82. The second kappa shape index (κ2) is 7.28. The lowest BCUT2D eigenvalue weighted by Crippen LogP contribution is -2.40. The number of aliphatic hydroxyl groups is 1. The summed E-state index contributed by atoms with van der Waals surface area (Å²) >= 11 is 0. The Labute approximate surface area is 127 Å². The molecule has 3 heteroatoms. The third kappa shape index (κ3) is 3.46. The van der Waals surface area contributed by atoms with E-state index in [1.165, 1.54) is 0 Å². The van der Waals surface area contributed by atoms with E-state index < -0.39 is 0 Å². The van der Waals surface area contributed by atoms with Crippen molar-refractivity contribution in [3.05, 3.63) is 35.4 Å². The molecular formula is C18H23NO2. The number of likely N-dealkylation sites (tertiary alicyclic amines) is 1. The van der Waals surface area contributed by atoms with Crippen LogP contribution in [0.4, 0.5) is 0 Å². The number of carbonyl (C=O) groups excluding carboxylic acids is 1. The van der Waals surface area contributed by atoms with Gasteiger partial charge in [-0.25, -0.2) is 0 Å². The zero-order valence-electron chi connectivity index (χ0n) is 12.8. The van der Waals surface area contributed by atoms with Crippen LogP contribution in [0.15, 0.2) is 24.3 Å². The summed E-state index contributed by atoms with van der Waals surface area (Å²) in [4.78, 5) is 14.9. The van der Waals surface area contributed by atoms with Gasteiger partial charge in [-0.3, -0.25) is 4.79 Å². The SMILES string of the molecule is CCC1CCC(C)N1C(=O)c1ccccc1C#CCCO. The first kappa shape index (κ1) is 15.6. The van der Waals surface area contributed by atoms with Crippen LogP contribution in [-0.4, -0.2) is 34.6 Å². The number of nitrogens with zero attached hydrogens (tertiary/aromatic N) is 1. The average molecular weight is 285 g/mol. The highest BCUT2D eigenvalue weighted by atomic mass is 16.2. The maximum Gasteiger partial charge on any atom is 0.255 e. The monoisotopic (exact) mass is 285 g/mol. The second-order valence-electron chi connectivity index (χ2n) is 5.52. The molecule has 1 aromatic rings. The van der Waals surface area contributed by atoms with Gasteiger partial charge in [0.05, 0.1) is 12.2 Å². The molecule has 21 heavy (non-hydrogen) atoms. The molecule has 2 unspecified atom stereocenters. The van der Waals surface area contributed by atoms with E-state index in [-0.39, 0.29) is 12.5 Å². The van der Waals surface area contributed by atoms with Crippen LogP contribution in [0.2, 0.25) is 0 Å². The fourth-order valence-electron chi connectivity index (χ4n) is 2.97. The van der Waals surface area contributed by atoms with Crippen LogP contribution in [0.3, 0.4) is 0 Å². The van der Waals surface area contributed by atoms with Crippen LogP contribution in [0.1, 0.15) is 55.5 Å². The minimum absolute atomic E-state index is 0.0458. The molecule has 1 aliphatic heterocycles. The number of rotatable bonds is 3. The summed E-state index contributed by atoms with van der Waals surface area (Å²) in [5.41, 5.74) is 1.43. The smallest absolute Gasteiger partial charge is 0.255 e. The minimum Gasteiger partial charge on any atom is -0.395 e. The third-order valence-electron chi connectivity index (χ3n) is 4.11. The van der Waals surface area contributed by atoms with Crippen molar-refractivity contribution in [3.63, 3.8) is 0 Å². The van der Waals surface area contributed by atoms with Crippen molar-refractivity contribution < 1.29 is 9.90 Å². The molecule has 3 nitrogen and oxygen atoms in total. The molecule has 1 aliphatic rings. The lowest BCUT2D eigenvalue weighted by atomic mass is 10.0.